The molecular weight excluding hydrogens is 236 g/mol. The molecule has 0 unspecified atom stereocenters. The van der Waals surface area contributed by atoms with Crippen LogP contribution in [0.3, 0.4) is 0 Å². The quantitative estimate of drug-likeness (QED) is 0.851. The van der Waals surface area contributed by atoms with E-state index < -0.39 is 0 Å². The van der Waals surface area contributed by atoms with Crippen LogP contribution in [0.2, 0.25) is 0 Å². The molecule has 0 atom stereocenters. The lowest BCUT2D eigenvalue weighted by Gasteiger charge is -2.12. The summed E-state index contributed by atoms with van der Waals surface area (Å²) >= 11 is 0. The molecule has 19 heavy (non-hydrogen) atoms. The van der Waals surface area contributed by atoms with Crippen LogP contribution >= 0.6 is 0 Å². The van der Waals surface area contributed by atoms with Crippen LogP contribution in [0.5, 0.6) is 5.75 Å². The molecule has 0 saturated heterocycles. The Morgan fingerprint density at radius 2 is 1.74 bits per heavy atom. The molecule has 98 valence electrons. The number of phenolic OH excluding ortho intramolecular Hbond substituents is 1. The molecule has 0 fully saturated rings. The molecule has 0 aliphatic carbocycles. The van der Waals surface area contributed by atoms with Gasteiger partial charge >= 0.3 is 0 Å². The number of anilines is 1. The van der Waals surface area contributed by atoms with E-state index in [9.17, 15) is 5.11 Å². The lowest BCUT2D eigenvalue weighted by atomic mass is 10.2. The minimum Gasteiger partial charge on any atom is -0.507 e. The van der Waals surface area contributed by atoms with Gasteiger partial charge in [0.25, 0.3) is 0 Å². The minimum absolute atomic E-state index is 0.259. The maximum absolute atomic E-state index is 9.61. The zero-order valence-electron chi connectivity index (χ0n) is 11.2. The van der Waals surface area contributed by atoms with Crippen molar-refractivity contribution in [1.29, 1.82) is 0 Å². The molecule has 0 aliphatic rings. The zero-order chi connectivity index (χ0) is 13.7. The average Bonchev–Trinajstić information content (AvgIpc) is 2.41. The Morgan fingerprint density at radius 1 is 1.05 bits per heavy atom. The SMILES string of the molecule is CN(C)c1ccc(CN=Cc2ccccc2O)cc1. The van der Waals surface area contributed by atoms with Crippen molar-refractivity contribution in [3.05, 3.63) is 59.7 Å². The van der Waals surface area contributed by atoms with Gasteiger partial charge < -0.3 is 10.0 Å². The second kappa shape index (κ2) is 6.05. The maximum Gasteiger partial charge on any atom is 0.124 e. The smallest absolute Gasteiger partial charge is 0.124 e. The number of para-hydroxylation sites is 1. The predicted octanol–water partition coefficient (Wildman–Crippen LogP) is 3.08. The summed E-state index contributed by atoms with van der Waals surface area (Å²) in [6.07, 6.45) is 1.70. The molecule has 0 aromatic heterocycles. The fraction of sp³-hybridized carbons (Fsp3) is 0.188. The Balaban J connectivity index is 2.01. The van der Waals surface area contributed by atoms with Gasteiger partial charge in [-0.2, -0.15) is 0 Å². The van der Waals surface area contributed by atoms with Crippen LogP contribution in [0, 0.1) is 0 Å². The van der Waals surface area contributed by atoms with Crippen molar-refractivity contribution in [3.63, 3.8) is 0 Å². The molecule has 0 aliphatic heterocycles. The lowest BCUT2D eigenvalue weighted by molar-refractivity contribution is 0.474. The highest BCUT2D eigenvalue weighted by molar-refractivity contribution is 5.83. The molecule has 2 rings (SSSR count). The largest absolute Gasteiger partial charge is 0.507 e. The Labute approximate surface area is 113 Å². The third-order valence-corrected chi connectivity index (χ3v) is 2.89. The summed E-state index contributed by atoms with van der Waals surface area (Å²) in [6, 6.07) is 15.5. The number of aromatic hydroxyl groups is 1. The van der Waals surface area contributed by atoms with Gasteiger partial charge in [0.2, 0.25) is 0 Å². The lowest BCUT2D eigenvalue weighted by Crippen LogP contribution is -2.08. The Morgan fingerprint density at radius 3 is 2.37 bits per heavy atom. The number of hydrogen-bond acceptors (Lipinski definition) is 3. The number of benzene rings is 2. The number of rotatable bonds is 4. The van der Waals surface area contributed by atoms with Gasteiger partial charge in [-0.25, -0.2) is 0 Å². The number of nitrogens with zero attached hydrogens (tertiary/aromatic N) is 2. The zero-order valence-corrected chi connectivity index (χ0v) is 11.2. The van der Waals surface area contributed by atoms with Crippen molar-refractivity contribution < 1.29 is 5.11 Å². The first-order valence-electron chi connectivity index (χ1n) is 6.21. The minimum atomic E-state index is 0.259. The highest BCUT2D eigenvalue weighted by Gasteiger charge is 1.96. The van der Waals surface area contributed by atoms with E-state index in [1.807, 2.05) is 26.2 Å². The van der Waals surface area contributed by atoms with Crippen LogP contribution in [-0.2, 0) is 6.54 Å². The predicted molar refractivity (Wildman–Crippen MR) is 80.2 cm³/mol. The third kappa shape index (κ3) is 3.58. The summed E-state index contributed by atoms with van der Waals surface area (Å²) in [5, 5.41) is 9.61. The molecule has 0 radical (unpaired) electrons. The van der Waals surface area contributed by atoms with Gasteiger partial charge in [0.15, 0.2) is 0 Å². The van der Waals surface area contributed by atoms with E-state index in [0.717, 1.165) is 11.1 Å². The van der Waals surface area contributed by atoms with Gasteiger partial charge in [-0.1, -0.05) is 24.3 Å². The standard InChI is InChI=1S/C16H18N2O/c1-18(2)15-9-7-13(8-10-15)11-17-12-14-5-3-4-6-16(14)19/h3-10,12,19H,11H2,1-2H3. The molecule has 0 bridgehead atoms. The molecule has 0 spiro atoms. The molecule has 2 aromatic rings. The normalized spacial score (nSPS) is 10.8. The van der Waals surface area contributed by atoms with Crippen LogP contribution in [0.4, 0.5) is 5.69 Å². The number of aliphatic imine (C=N–C) groups is 1. The summed E-state index contributed by atoms with van der Waals surface area (Å²) < 4.78 is 0. The average molecular weight is 254 g/mol. The van der Waals surface area contributed by atoms with E-state index in [1.165, 1.54) is 5.69 Å². The maximum atomic E-state index is 9.61. The van der Waals surface area contributed by atoms with E-state index in [-0.39, 0.29) is 5.75 Å². The molecule has 0 heterocycles. The molecule has 0 saturated carbocycles. The van der Waals surface area contributed by atoms with E-state index in [4.69, 9.17) is 0 Å². The van der Waals surface area contributed by atoms with Gasteiger partial charge in [-0.05, 0) is 29.8 Å². The fourth-order valence-corrected chi connectivity index (χ4v) is 1.75. The molecular formula is C16H18N2O. The van der Waals surface area contributed by atoms with Crippen LogP contribution in [0.1, 0.15) is 11.1 Å². The Bertz CT molecular complexity index is 559. The third-order valence-electron chi connectivity index (χ3n) is 2.89. The molecule has 3 nitrogen and oxygen atoms in total. The fourth-order valence-electron chi connectivity index (χ4n) is 1.75. The number of phenols is 1. The highest BCUT2D eigenvalue weighted by Crippen LogP contribution is 2.14. The summed E-state index contributed by atoms with van der Waals surface area (Å²) in [5.74, 6) is 0.259. The molecule has 1 N–H and O–H groups in total. The molecule has 2 aromatic carbocycles. The van der Waals surface area contributed by atoms with E-state index in [0.29, 0.717) is 6.54 Å². The summed E-state index contributed by atoms with van der Waals surface area (Å²) in [6.45, 7) is 0.613. The monoisotopic (exact) mass is 254 g/mol. The van der Waals surface area contributed by atoms with Crippen LogP contribution in [-0.4, -0.2) is 25.4 Å². The molecule has 3 heteroatoms. The van der Waals surface area contributed by atoms with Crippen molar-refractivity contribution in [2.45, 2.75) is 6.54 Å². The van der Waals surface area contributed by atoms with Gasteiger partial charge in [0, 0.05) is 31.6 Å². The first-order valence-corrected chi connectivity index (χ1v) is 6.21. The van der Waals surface area contributed by atoms with Gasteiger partial charge in [0.05, 0.1) is 6.54 Å². The van der Waals surface area contributed by atoms with Crippen molar-refractivity contribution in [1.82, 2.24) is 0 Å². The van der Waals surface area contributed by atoms with Crippen LogP contribution in [0.25, 0.3) is 0 Å². The van der Waals surface area contributed by atoms with Crippen molar-refractivity contribution in [2.24, 2.45) is 4.99 Å². The van der Waals surface area contributed by atoms with Crippen molar-refractivity contribution in [3.8, 4) is 5.75 Å². The van der Waals surface area contributed by atoms with Crippen LogP contribution < -0.4 is 4.90 Å². The summed E-state index contributed by atoms with van der Waals surface area (Å²) in [4.78, 5) is 6.41. The van der Waals surface area contributed by atoms with Crippen molar-refractivity contribution >= 4 is 11.9 Å². The van der Waals surface area contributed by atoms with Gasteiger partial charge in [0.1, 0.15) is 5.75 Å². The topological polar surface area (TPSA) is 35.8 Å². The van der Waals surface area contributed by atoms with E-state index in [1.54, 1.807) is 18.3 Å². The first-order chi connectivity index (χ1) is 9.16. The Hall–Kier alpha value is -2.29. The van der Waals surface area contributed by atoms with Gasteiger partial charge in [-0.15, -0.1) is 0 Å². The van der Waals surface area contributed by atoms with Crippen molar-refractivity contribution in [2.75, 3.05) is 19.0 Å². The van der Waals surface area contributed by atoms with E-state index in [2.05, 4.69) is 34.2 Å². The van der Waals surface area contributed by atoms with Crippen LogP contribution in [0.15, 0.2) is 53.5 Å². The first kappa shape index (κ1) is 13.1. The second-order valence-electron chi connectivity index (χ2n) is 4.59. The Kier molecular flexibility index (Phi) is 4.18. The highest BCUT2D eigenvalue weighted by atomic mass is 16.3. The van der Waals surface area contributed by atoms with Gasteiger partial charge in [-0.3, -0.25) is 4.99 Å². The summed E-state index contributed by atoms with van der Waals surface area (Å²) in [7, 11) is 4.04. The molecule has 0 amide bonds. The van der Waals surface area contributed by atoms with E-state index >= 15 is 0 Å². The second-order valence-corrected chi connectivity index (χ2v) is 4.59. The summed E-state index contributed by atoms with van der Waals surface area (Å²) in [5.41, 5.74) is 3.07. The number of hydrogen-bond donors (Lipinski definition) is 1.